The third-order valence-electron chi connectivity index (χ3n) is 4.71. The third-order valence-corrected chi connectivity index (χ3v) is 5.10. The molecule has 0 saturated heterocycles. The number of aryl methyl sites for hydroxylation is 1. The van der Waals surface area contributed by atoms with Crippen LogP contribution in [-0.4, -0.2) is 18.3 Å². The van der Waals surface area contributed by atoms with Gasteiger partial charge in [0.2, 0.25) is 0 Å². The van der Waals surface area contributed by atoms with Crippen molar-refractivity contribution in [1.82, 2.24) is 4.98 Å². The topological polar surface area (TPSA) is 34.5 Å². The summed E-state index contributed by atoms with van der Waals surface area (Å²) in [6.45, 7) is 10.1. The molecule has 0 aliphatic rings. The molecule has 3 nitrogen and oxygen atoms in total. The number of nitrogens with zero attached hydrogens (tertiary/aromatic N) is 2. The Kier molecular flexibility index (Phi) is 6.15. The lowest BCUT2D eigenvalue weighted by Gasteiger charge is -2.36. The van der Waals surface area contributed by atoms with Gasteiger partial charge in [0.1, 0.15) is 5.15 Å². The van der Waals surface area contributed by atoms with E-state index in [1.165, 1.54) is 11.1 Å². The van der Waals surface area contributed by atoms with E-state index in [1.807, 2.05) is 39.0 Å². The zero-order valence-electron chi connectivity index (χ0n) is 15.7. The standard InChI is InChI=1S/C21H25ClN2O/c1-7-19(23-8-2)21(25-6,17-11-9-10-14(3)15(17)4)18-12-13-24-20(22)16(18)5/h7-13H,1-6H3/b19-7-,23-8?. The van der Waals surface area contributed by atoms with Crippen molar-refractivity contribution >= 4 is 17.8 Å². The number of benzene rings is 1. The van der Waals surface area contributed by atoms with E-state index in [0.29, 0.717) is 5.15 Å². The molecule has 0 radical (unpaired) electrons. The van der Waals surface area contributed by atoms with Crippen LogP contribution in [0.25, 0.3) is 0 Å². The maximum Gasteiger partial charge on any atom is 0.160 e. The van der Waals surface area contributed by atoms with Crippen LogP contribution in [0.15, 0.2) is 47.2 Å². The third kappa shape index (κ3) is 3.26. The highest BCUT2D eigenvalue weighted by atomic mass is 35.5. The van der Waals surface area contributed by atoms with Gasteiger partial charge >= 0.3 is 0 Å². The number of allylic oxidation sites excluding steroid dienone is 1. The summed E-state index contributed by atoms with van der Waals surface area (Å²) >= 11 is 6.34. The van der Waals surface area contributed by atoms with Crippen molar-refractivity contribution in [3.8, 4) is 0 Å². The van der Waals surface area contributed by atoms with Gasteiger partial charge < -0.3 is 4.74 Å². The predicted molar refractivity (Wildman–Crippen MR) is 106 cm³/mol. The molecule has 1 aromatic carbocycles. The smallest absolute Gasteiger partial charge is 0.160 e. The lowest BCUT2D eigenvalue weighted by atomic mass is 9.78. The summed E-state index contributed by atoms with van der Waals surface area (Å²) in [5, 5.41) is 0.472. The number of aliphatic imine (C=N–C) groups is 1. The van der Waals surface area contributed by atoms with Crippen LogP contribution in [0.4, 0.5) is 0 Å². The van der Waals surface area contributed by atoms with Gasteiger partial charge in [-0.3, -0.25) is 4.99 Å². The first-order valence-electron chi connectivity index (χ1n) is 8.32. The molecule has 25 heavy (non-hydrogen) atoms. The van der Waals surface area contributed by atoms with Gasteiger partial charge in [0.25, 0.3) is 0 Å². The van der Waals surface area contributed by atoms with Gasteiger partial charge in [-0.25, -0.2) is 4.98 Å². The van der Waals surface area contributed by atoms with Crippen molar-refractivity contribution in [3.05, 3.63) is 75.2 Å². The minimum Gasteiger partial charge on any atom is -0.362 e. The van der Waals surface area contributed by atoms with Crippen molar-refractivity contribution in [2.45, 2.75) is 40.2 Å². The van der Waals surface area contributed by atoms with Crippen molar-refractivity contribution < 1.29 is 4.74 Å². The fraction of sp³-hybridized carbons (Fsp3) is 0.333. The molecule has 4 heteroatoms. The van der Waals surface area contributed by atoms with Gasteiger partial charge in [-0.15, -0.1) is 0 Å². The lowest BCUT2D eigenvalue weighted by molar-refractivity contribution is 0.0525. The Morgan fingerprint density at radius 1 is 1.12 bits per heavy atom. The van der Waals surface area contributed by atoms with E-state index in [9.17, 15) is 0 Å². The molecular formula is C21H25ClN2O. The maximum atomic E-state index is 6.34. The van der Waals surface area contributed by atoms with Crippen LogP contribution in [0.3, 0.4) is 0 Å². The molecule has 0 amide bonds. The largest absolute Gasteiger partial charge is 0.362 e. The molecule has 2 rings (SSSR count). The van der Waals surface area contributed by atoms with Gasteiger partial charge in [0, 0.05) is 25.1 Å². The van der Waals surface area contributed by atoms with Crippen LogP contribution in [0.5, 0.6) is 0 Å². The highest BCUT2D eigenvalue weighted by Crippen LogP contribution is 2.44. The molecule has 0 aliphatic heterocycles. The average Bonchev–Trinajstić information content (AvgIpc) is 2.61. The van der Waals surface area contributed by atoms with E-state index in [-0.39, 0.29) is 0 Å². The minimum atomic E-state index is -0.853. The van der Waals surface area contributed by atoms with Crippen LogP contribution in [0, 0.1) is 20.8 Å². The first-order chi connectivity index (χ1) is 11.9. The normalized spacial score (nSPS) is 14.8. The summed E-state index contributed by atoms with van der Waals surface area (Å²) in [6.07, 6.45) is 5.48. The Balaban J connectivity index is 2.98. The second-order valence-corrected chi connectivity index (χ2v) is 6.33. The van der Waals surface area contributed by atoms with E-state index >= 15 is 0 Å². The van der Waals surface area contributed by atoms with Crippen molar-refractivity contribution in [2.75, 3.05) is 7.11 Å². The monoisotopic (exact) mass is 356 g/mol. The summed E-state index contributed by atoms with van der Waals surface area (Å²) in [6, 6.07) is 8.20. The summed E-state index contributed by atoms with van der Waals surface area (Å²) in [7, 11) is 1.71. The minimum absolute atomic E-state index is 0.472. The van der Waals surface area contributed by atoms with Gasteiger partial charge in [0.15, 0.2) is 5.60 Å². The fourth-order valence-electron chi connectivity index (χ4n) is 3.28. The van der Waals surface area contributed by atoms with E-state index < -0.39 is 5.60 Å². The van der Waals surface area contributed by atoms with Crippen molar-refractivity contribution in [3.63, 3.8) is 0 Å². The fourth-order valence-corrected chi connectivity index (χ4v) is 3.44. The van der Waals surface area contributed by atoms with Crippen LogP contribution < -0.4 is 0 Å². The Labute approximate surface area is 155 Å². The lowest BCUT2D eigenvalue weighted by Crippen LogP contribution is -2.34. The summed E-state index contributed by atoms with van der Waals surface area (Å²) in [5.41, 5.74) is 5.22. The molecule has 0 aliphatic carbocycles. The second-order valence-electron chi connectivity index (χ2n) is 5.97. The molecule has 0 bridgehead atoms. The molecule has 2 aromatic rings. The molecule has 1 atom stereocenters. The van der Waals surface area contributed by atoms with Crippen LogP contribution >= 0.6 is 11.6 Å². The highest BCUT2D eigenvalue weighted by molar-refractivity contribution is 6.30. The molecule has 0 spiro atoms. The SMILES string of the molecule is CC=N/C(=C\C)C(OC)(c1cccc(C)c1C)c1ccnc(Cl)c1C. The second kappa shape index (κ2) is 7.94. The van der Waals surface area contributed by atoms with Crippen LogP contribution in [0.1, 0.15) is 41.7 Å². The Bertz CT molecular complexity index is 773. The number of halogens is 1. The maximum absolute atomic E-state index is 6.34. The van der Waals surface area contributed by atoms with Crippen molar-refractivity contribution in [2.24, 2.45) is 4.99 Å². The number of pyridine rings is 1. The molecule has 0 N–H and O–H groups in total. The molecule has 1 heterocycles. The van der Waals surface area contributed by atoms with Crippen molar-refractivity contribution in [1.29, 1.82) is 0 Å². The van der Waals surface area contributed by atoms with E-state index in [0.717, 1.165) is 22.4 Å². The zero-order chi connectivity index (χ0) is 18.6. The van der Waals surface area contributed by atoms with Gasteiger partial charge in [-0.2, -0.15) is 0 Å². The molecule has 1 unspecified atom stereocenters. The average molecular weight is 357 g/mol. The molecule has 0 saturated carbocycles. The quantitative estimate of drug-likeness (QED) is 0.520. The number of rotatable bonds is 5. The molecule has 1 aromatic heterocycles. The summed E-state index contributed by atoms with van der Waals surface area (Å²) in [5.74, 6) is 0. The van der Waals surface area contributed by atoms with Gasteiger partial charge in [-0.05, 0) is 62.9 Å². The summed E-state index contributed by atoms with van der Waals surface area (Å²) < 4.78 is 6.22. The van der Waals surface area contributed by atoms with E-state index in [4.69, 9.17) is 16.3 Å². The Morgan fingerprint density at radius 2 is 1.80 bits per heavy atom. The molecular weight excluding hydrogens is 332 g/mol. The van der Waals surface area contributed by atoms with Crippen LogP contribution in [0.2, 0.25) is 5.15 Å². The first-order valence-corrected chi connectivity index (χ1v) is 8.70. The number of hydrogen-bond donors (Lipinski definition) is 0. The van der Waals surface area contributed by atoms with E-state index in [1.54, 1.807) is 19.5 Å². The first kappa shape index (κ1) is 19.4. The predicted octanol–water partition coefficient (Wildman–Crippen LogP) is 5.54. The van der Waals surface area contributed by atoms with Crippen LogP contribution in [-0.2, 0) is 10.3 Å². The summed E-state index contributed by atoms with van der Waals surface area (Å²) in [4.78, 5) is 8.83. The number of aromatic nitrogens is 1. The number of ether oxygens (including phenoxy) is 1. The van der Waals surface area contributed by atoms with E-state index in [2.05, 4.69) is 36.0 Å². The Morgan fingerprint density at radius 3 is 2.40 bits per heavy atom. The Hall–Kier alpha value is -1.97. The molecule has 132 valence electrons. The number of hydrogen-bond acceptors (Lipinski definition) is 3. The highest BCUT2D eigenvalue weighted by Gasteiger charge is 2.41. The molecule has 0 fully saturated rings. The van der Waals surface area contributed by atoms with Gasteiger partial charge in [0.05, 0.1) is 5.70 Å². The number of methoxy groups -OCH3 is 1. The zero-order valence-corrected chi connectivity index (χ0v) is 16.5. The van der Waals surface area contributed by atoms with Gasteiger partial charge in [-0.1, -0.05) is 35.9 Å².